The van der Waals surface area contributed by atoms with Crippen LogP contribution in [0.25, 0.3) is 11.2 Å². The minimum Gasteiger partial charge on any atom is -0.337 e. The molecule has 0 bridgehead atoms. The van der Waals surface area contributed by atoms with Gasteiger partial charge >= 0.3 is 0 Å². The van der Waals surface area contributed by atoms with E-state index in [-0.39, 0.29) is 18.0 Å². The maximum atomic E-state index is 12.6. The summed E-state index contributed by atoms with van der Waals surface area (Å²) in [6.07, 6.45) is 4.60. The molecule has 9 nitrogen and oxygen atoms in total. The Kier molecular flexibility index (Phi) is 4.22. The van der Waals surface area contributed by atoms with Crippen LogP contribution in [-0.2, 0) is 13.6 Å². The number of hydrogen-bond donors (Lipinski definition) is 0. The predicted octanol–water partition coefficient (Wildman–Crippen LogP) is 2.32. The average molecular weight is 391 g/mol. The van der Waals surface area contributed by atoms with Gasteiger partial charge in [0, 0.05) is 13.0 Å². The highest BCUT2D eigenvalue weighted by molar-refractivity contribution is 5.67. The second-order valence-corrected chi connectivity index (χ2v) is 7.73. The van der Waals surface area contributed by atoms with Crippen molar-refractivity contribution in [1.82, 2.24) is 34.7 Å². The lowest BCUT2D eigenvalue weighted by Crippen LogP contribution is -2.22. The molecular formula is C20H21N7O2. The molecule has 1 saturated carbocycles. The predicted molar refractivity (Wildman–Crippen MR) is 104 cm³/mol. The highest BCUT2D eigenvalue weighted by Gasteiger charge is 2.30. The first-order valence-electron chi connectivity index (χ1n) is 9.72. The summed E-state index contributed by atoms with van der Waals surface area (Å²) in [5.41, 5.74) is 3.09. The van der Waals surface area contributed by atoms with Crippen LogP contribution < -0.4 is 5.56 Å². The SMILES string of the molecule is Cc1ccc(C2CCC(c3noc(Cn4cnc5nnn(C)c5c4=O)n3)C2)cc1. The molecule has 1 aromatic carbocycles. The van der Waals surface area contributed by atoms with Gasteiger partial charge in [-0.3, -0.25) is 9.36 Å². The minimum absolute atomic E-state index is 0.175. The normalized spacial score (nSPS) is 19.2. The van der Waals surface area contributed by atoms with E-state index in [1.54, 1.807) is 7.05 Å². The Labute approximate surface area is 166 Å². The molecule has 0 radical (unpaired) electrons. The first-order chi connectivity index (χ1) is 14.1. The number of fused-ring (bicyclic) bond motifs is 1. The van der Waals surface area contributed by atoms with Gasteiger partial charge in [0.25, 0.3) is 5.56 Å². The zero-order chi connectivity index (χ0) is 20.0. The van der Waals surface area contributed by atoms with Crippen molar-refractivity contribution < 1.29 is 4.52 Å². The molecule has 0 N–H and O–H groups in total. The molecule has 3 heterocycles. The number of rotatable bonds is 4. The van der Waals surface area contributed by atoms with Crippen LogP contribution in [0, 0.1) is 6.92 Å². The van der Waals surface area contributed by atoms with E-state index in [2.05, 4.69) is 56.6 Å². The van der Waals surface area contributed by atoms with Crippen molar-refractivity contribution in [2.45, 2.75) is 44.6 Å². The van der Waals surface area contributed by atoms with Crippen molar-refractivity contribution in [2.24, 2.45) is 7.05 Å². The molecule has 9 heteroatoms. The van der Waals surface area contributed by atoms with Crippen molar-refractivity contribution in [3.8, 4) is 0 Å². The van der Waals surface area contributed by atoms with E-state index in [0.29, 0.717) is 23.0 Å². The van der Waals surface area contributed by atoms with Crippen LogP contribution in [-0.4, -0.2) is 34.7 Å². The van der Waals surface area contributed by atoms with E-state index >= 15 is 0 Å². The largest absolute Gasteiger partial charge is 0.337 e. The Balaban J connectivity index is 1.32. The molecule has 0 spiro atoms. The molecule has 29 heavy (non-hydrogen) atoms. The number of aromatic nitrogens is 7. The van der Waals surface area contributed by atoms with E-state index in [0.717, 1.165) is 25.1 Å². The van der Waals surface area contributed by atoms with E-state index in [1.165, 1.54) is 26.7 Å². The smallest absolute Gasteiger partial charge is 0.281 e. The maximum absolute atomic E-state index is 12.6. The highest BCUT2D eigenvalue weighted by atomic mass is 16.5. The van der Waals surface area contributed by atoms with Gasteiger partial charge < -0.3 is 4.52 Å². The summed E-state index contributed by atoms with van der Waals surface area (Å²) in [4.78, 5) is 21.4. The topological polar surface area (TPSA) is 105 Å². The molecule has 1 fully saturated rings. The van der Waals surface area contributed by atoms with Gasteiger partial charge in [0.1, 0.15) is 12.9 Å². The quantitative estimate of drug-likeness (QED) is 0.526. The molecule has 2 atom stereocenters. The third-order valence-corrected chi connectivity index (χ3v) is 5.73. The number of nitrogens with zero attached hydrogens (tertiary/aromatic N) is 7. The van der Waals surface area contributed by atoms with Crippen LogP contribution in [0.3, 0.4) is 0 Å². The minimum atomic E-state index is -0.234. The van der Waals surface area contributed by atoms with Crippen molar-refractivity contribution in [3.63, 3.8) is 0 Å². The fraction of sp³-hybridized carbons (Fsp3) is 0.400. The molecule has 1 aliphatic rings. The Morgan fingerprint density at radius 1 is 1.17 bits per heavy atom. The summed E-state index contributed by atoms with van der Waals surface area (Å²) in [7, 11) is 1.66. The summed E-state index contributed by atoms with van der Waals surface area (Å²) >= 11 is 0. The first-order valence-corrected chi connectivity index (χ1v) is 9.72. The zero-order valence-corrected chi connectivity index (χ0v) is 16.3. The van der Waals surface area contributed by atoms with Crippen molar-refractivity contribution in [2.75, 3.05) is 0 Å². The van der Waals surface area contributed by atoms with Crippen LogP contribution >= 0.6 is 0 Å². The molecule has 5 rings (SSSR count). The van der Waals surface area contributed by atoms with E-state index in [1.807, 2.05) is 0 Å². The van der Waals surface area contributed by atoms with Crippen molar-refractivity contribution >= 4 is 11.2 Å². The second kappa shape index (κ2) is 6.91. The summed E-state index contributed by atoms with van der Waals surface area (Å²) in [5, 5.41) is 11.9. The number of benzene rings is 1. The van der Waals surface area contributed by atoms with Crippen LogP contribution in [0.5, 0.6) is 0 Å². The molecule has 2 unspecified atom stereocenters. The Morgan fingerprint density at radius 3 is 2.79 bits per heavy atom. The van der Waals surface area contributed by atoms with Gasteiger partial charge in [0.15, 0.2) is 11.3 Å². The van der Waals surface area contributed by atoms with Crippen LogP contribution in [0.15, 0.2) is 39.9 Å². The lowest BCUT2D eigenvalue weighted by molar-refractivity contribution is 0.361. The highest BCUT2D eigenvalue weighted by Crippen LogP contribution is 2.42. The Hall–Kier alpha value is -3.36. The maximum Gasteiger partial charge on any atom is 0.281 e. The van der Waals surface area contributed by atoms with Crippen molar-refractivity contribution in [3.05, 3.63) is 63.8 Å². The van der Waals surface area contributed by atoms with E-state index in [9.17, 15) is 4.79 Å². The van der Waals surface area contributed by atoms with E-state index in [4.69, 9.17) is 4.52 Å². The van der Waals surface area contributed by atoms with Gasteiger partial charge in [0.05, 0.1) is 0 Å². The van der Waals surface area contributed by atoms with Gasteiger partial charge in [0.2, 0.25) is 11.5 Å². The lowest BCUT2D eigenvalue weighted by Gasteiger charge is -2.10. The van der Waals surface area contributed by atoms with Crippen LogP contribution in [0.4, 0.5) is 0 Å². The number of hydrogen-bond acceptors (Lipinski definition) is 7. The Morgan fingerprint density at radius 2 is 1.97 bits per heavy atom. The number of aryl methyl sites for hydroxylation is 2. The molecular weight excluding hydrogens is 370 g/mol. The molecule has 3 aromatic heterocycles. The summed E-state index contributed by atoms with van der Waals surface area (Å²) in [6, 6.07) is 8.75. The fourth-order valence-electron chi connectivity index (χ4n) is 4.09. The van der Waals surface area contributed by atoms with Gasteiger partial charge in [-0.05, 0) is 37.7 Å². The van der Waals surface area contributed by atoms with Gasteiger partial charge in [-0.25, -0.2) is 9.67 Å². The van der Waals surface area contributed by atoms with E-state index < -0.39 is 0 Å². The van der Waals surface area contributed by atoms with Crippen LogP contribution in [0.2, 0.25) is 0 Å². The summed E-state index contributed by atoms with van der Waals surface area (Å²) in [6.45, 7) is 2.28. The third kappa shape index (κ3) is 3.22. The second-order valence-electron chi connectivity index (χ2n) is 7.73. The average Bonchev–Trinajstić information content (AvgIpc) is 3.45. The van der Waals surface area contributed by atoms with Crippen LogP contribution in [0.1, 0.15) is 53.9 Å². The summed E-state index contributed by atoms with van der Waals surface area (Å²) < 4.78 is 8.29. The molecule has 4 aromatic rings. The Bertz CT molecular complexity index is 1220. The first kappa shape index (κ1) is 17.7. The molecule has 0 aliphatic heterocycles. The molecule has 0 amide bonds. The molecule has 0 saturated heterocycles. The zero-order valence-electron chi connectivity index (χ0n) is 16.3. The van der Waals surface area contributed by atoms with Gasteiger partial charge in [-0.1, -0.05) is 40.2 Å². The third-order valence-electron chi connectivity index (χ3n) is 5.73. The van der Waals surface area contributed by atoms with Crippen molar-refractivity contribution in [1.29, 1.82) is 0 Å². The summed E-state index contributed by atoms with van der Waals surface area (Å²) in [5.74, 6) is 1.92. The molecule has 1 aliphatic carbocycles. The molecule has 148 valence electrons. The fourth-order valence-corrected chi connectivity index (χ4v) is 4.09. The monoisotopic (exact) mass is 391 g/mol. The van der Waals surface area contributed by atoms with Gasteiger partial charge in [-0.15, -0.1) is 5.10 Å². The lowest BCUT2D eigenvalue weighted by atomic mass is 9.95. The standard InChI is InChI=1S/C20H21N7O2/c1-12-3-5-13(6-4-12)14-7-8-15(9-14)18-22-16(29-24-18)10-27-11-21-19-17(20(27)28)26(2)25-23-19/h3-6,11,14-15H,7-10H2,1-2H3. The van der Waals surface area contributed by atoms with Gasteiger partial charge in [-0.2, -0.15) is 4.98 Å².